The van der Waals surface area contributed by atoms with Crippen molar-refractivity contribution in [2.75, 3.05) is 0 Å². The summed E-state index contributed by atoms with van der Waals surface area (Å²) in [5.74, 6) is 0. The van der Waals surface area contributed by atoms with Crippen LogP contribution >= 0.6 is 11.3 Å². The van der Waals surface area contributed by atoms with Crippen LogP contribution in [-0.2, 0) is 0 Å². The first-order chi connectivity index (χ1) is 5.25. The smallest absolute Gasteiger partial charge is 0.0800 e. The summed E-state index contributed by atoms with van der Waals surface area (Å²) in [4.78, 5) is 0. The summed E-state index contributed by atoms with van der Waals surface area (Å²) < 4.78 is 0. The molecule has 2 heteroatoms. The number of aliphatic hydroxyl groups excluding tert-OH is 1. The lowest BCUT2D eigenvalue weighted by Crippen LogP contribution is -1.95. The molecule has 0 aliphatic heterocycles. The number of hydrogen-bond acceptors (Lipinski definition) is 2. The highest BCUT2D eigenvalue weighted by Crippen LogP contribution is 2.24. The average Bonchev–Trinajstić information content (AvgIpc) is 2.36. The van der Waals surface area contributed by atoms with Crippen molar-refractivity contribution in [3.05, 3.63) is 21.9 Å². The van der Waals surface area contributed by atoms with Crippen molar-refractivity contribution in [1.29, 1.82) is 0 Å². The molecule has 1 nitrogen and oxygen atoms in total. The molecule has 1 aromatic rings. The zero-order valence-electron chi connectivity index (χ0n) is 7.00. The molecule has 1 atom stereocenters. The Labute approximate surface area is 71.7 Å². The van der Waals surface area contributed by atoms with Gasteiger partial charge < -0.3 is 5.11 Å². The third-order valence-corrected chi connectivity index (χ3v) is 2.70. The van der Waals surface area contributed by atoms with Crippen LogP contribution in [0, 0.1) is 6.92 Å². The minimum atomic E-state index is -0.244. The summed E-state index contributed by atoms with van der Waals surface area (Å²) in [6, 6.07) is 0. The fraction of sp³-hybridized carbons (Fsp3) is 0.556. The van der Waals surface area contributed by atoms with Gasteiger partial charge in [-0.15, -0.1) is 0 Å². The minimum Gasteiger partial charge on any atom is -0.388 e. The molecule has 0 saturated carbocycles. The minimum absolute atomic E-state index is 0.244. The second-order valence-corrected chi connectivity index (χ2v) is 3.56. The van der Waals surface area contributed by atoms with Crippen LogP contribution < -0.4 is 0 Å². The lowest BCUT2D eigenvalue weighted by molar-refractivity contribution is 0.166. The topological polar surface area (TPSA) is 20.2 Å². The fourth-order valence-electron chi connectivity index (χ4n) is 1.14. The Morgan fingerprint density at radius 1 is 1.55 bits per heavy atom. The van der Waals surface area contributed by atoms with Crippen LogP contribution in [0.5, 0.6) is 0 Å². The zero-order chi connectivity index (χ0) is 8.27. The first kappa shape index (κ1) is 8.75. The van der Waals surface area contributed by atoms with Crippen LogP contribution in [0.25, 0.3) is 0 Å². The molecule has 0 spiro atoms. The molecule has 11 heavy (non-hydrogen) atoms. The van der Waals surface area contributed by atoms with E-state index < -0.39 is 0 Å². The lowest BCUT2D eigenvalue weighted by Gasteiger charge is -2.07. The fourth-order valence-corrected chi connectivity index (χ4v) is 2.04. The van der Waals surface area contributed by atoms with Crippen molar-refractivity contribution in [2.24, 2.45) is 0 Å². The van der Waals surface area contributed by atoms with E-state index in [-0.39, 0.29) is 6.10 Å². The van der Waals surface area contributed by atoms with Gasteiger partial charge in [0.25, 0.3) is 0 Å². The molecule has 1 heterocycles. The van der Waals surface area contributed by atoms with Crippen molar-refractivity contribution in [2.45, 2.75) is 32.8 Å². The molecule has 0 aliphatic carbocycles. The number of hydrogen-bond donors (Lipinski definition) is 1. The van der Waals surface area contributed by atoms with Gasteiger partial charge in [-0.3, -0.25) is 0 Å². The standard InChI is InChI=1S/C9H14OS/c1-3-4-9(10)8-6-11-5-7(8)2/h5-6,9-10H,3-4H2,1-2H3. The summed E-state index contributed by atoms with van der Waals surface area (Å²) in [5.41, 5.74) is 2.33. The van der Waals surface area contributed by atoms with Crippen LogP contribution in [0.4, 0.5) is 0 Å². The SMILES string of the molecule is CCCC(O)c1cscc1C. The summed E-state index contributed by atoms with van der Waals surface area (Å²) in [6.45, 7) is 4.13. The van der Waals surface area contributed by atoms with Gasteiger partial charge in [0.1, 0.15) is 0 Å². The molecular weight excluding hydrogens is 156 g/mol. The third-order valence-electron chi connectivity index (χ3n) is 1.82. The third kappa shape index (κ3) is 2.04. The highest BCUT2D eigenvalue weighted by atomic mass is 32.1. The van der Waals surface area contributed by atoms with Crippen molar-refractivity contribution in [1.82, 2.24) is 0 Å². The van der Waals surface area contributed by atoms with E-state index in [0.717, 1.165) is 18.4 Å². The quantitative estimate of drug-likeness (QED) is 0.739. The van der Waals surface area contributed by atoms with Gasteiger partial charge in [0.2, 0.25) is 0 Å². The van der Waals surface area contributed by atoms with Crippen molar-refractivity contribution in [3.8, 4) is 0 Å². The van der Waals surface area contributed by atoms with Gasteiger partial charge in [-0.05, 0) is 35.2 Å². The highest BCUT2D eigenvalue weighted by molar-refractivity contribution is 7.08. The largest absolute Gasteiger partial charge is 0.388 e. The monoisotopic (exact) mass is 170 g/mol. The number of aryl methyl sites for hydroxylation is 1. The van der Waals surface area contributed by atoms with Crippen molar-refractivity contribution >= 4 is 11.3 Å². The Hall–Kier alpha value is -0.340. The average molecular weight is 170 g/mol. The number of aliphatic hydroxyl groups is 1. The zero-order valence-corrected chi connectivity index (χ0v) is 7.82. The number of rotatable bonds is 3. The van der Waals surface area contributed by atoms with E-state index in [1.54, 1.807) is 11.3 Å². The maximum Gasteiger partial charge on any atom is 0.0800 e. The van der Waals surface area contributed by atoms with Crippen molar-refractivity contribution < 1.29 is 5.11 Å². The molecule has 0 fully saturated rings. The second-order valence-electron chi connectivity index (χ2n) is 2.81. The van der Waals surface area contributed by atoms with Gasteiger partial charge in [0, 0.05) is 0 Å². The Kier molecular flexibility index (Phi) is 3.09. The second kappa shape index (κ2) is 3.88. The van der Waals surface area contributed by atoms with E-state index in [1.807, 2.05) is 12.3 Å². The maximum absolute atomic E-state index is 9.60. The molecule has 0 saturated heterocycles. The maximum atomic E-state index is 9.60. The Bertz CT molecular complexity index is 217. The van der Waals surface area contributed by atoms with Crippen molar-refractivity contribution in [3.63, 3.8) is 0 Å². The van der Waals surface area contributed by atoms with E-state index in [4.69, 9.17) is 0 Å². The van der Waals surface area contributed by atoms with Gasteiger partial charge in [-0.25, -0.2) is 0 Å². The summed E-state index contributed by atoms with van der Waals surface area (Å²) >= 11 is 1.66. The van der Waals surface area contributed by atoms with Crippen LogP contribution in [0.3, 0.4) is 0 Å². The Morgan fingerprint density at radius 2 is 2.27 bits per heavy atom. The van der Waals surface area contributed by atoms with E-state index in [9.17, 15) is 5.11 Å². The molecule has 0 radical (unpaired) electrons. The van der Waals surface area contributed by atoms with Gasteiger partial charge in [0.05, 0.1) is 6.10 Å². The molecule has 0 aliphatic rings. The summed E-state index contributed by atoms with van der Waals surface area (Å²) in [5, 5.41) is 13.7. The number of thiophene rings is 1. The van der Waals surface area contributed by atoms with Gasteiger partial charge in [0.15, 0.2) is 0 Å². The molecule has 1 N–H and O–H groups in total. The molecule has 62 valence electrons. The predicted molar refractivity (Wildman–Crippen MR) is 48.9 cm³/mol. The van der Waals surface area contributed by atoms with E-state index >= 15 is 0 Å². The normalized spacial score (nSPS) is 13.4. The molecule has 0 aromatic carbocycles. The molecule has 1 aromatic heterocycles. The molecule has 1 unspecified atom stereocenters. The van der Waals surface area contributed by atoms with Gasteiger partial charge >= 0.3 is 0 Å². The first-order valence-corrected chi connectivity index (χ1v) is 4.90. The van der Waals surface area contributed by atoms with Gasteiger partial charge in [-0.1, -0.05) is 13.3 Å². The summed E-state index contributed by atoms with van der Waals surface area (Å²) in [6.07, 6.45) is 1.67. The van der Waals surface area contributed by atoms with E-state index in [1.165, 1.54) is 5.56 Å². The molecular formula is C9H14OS. The molecule has 1 rings (SSSR count). The van der Waals surface area contributed by atoms with Crippen LogP contribution in [-0.4, -0.2) is 5.11 Å². The highest BCUT2D eigenvalue weighted by Gasteiger charge is 2.08. The first-order valence-electron chi connectivity index (χ1n) is 3.96. The van der Waals surface area contributed by atoms with Crippen LogP contribution in [0.15, 0.2) is 10.8 Å². The van der Waals surface area contributed by atoms with E-state index in [0.29, 0.717) is 0 Å². The van der Waals surface area contributed by atoms with Crippen LogP contribution in [0.2, 0.25) is 0 Å². The lowest BCUT2D eigenvalue weighted by atomic mass is 10.1. The Balaban J connectivity index is 2.67. The molecule has 0 amide bonds. The van der Waals surface area contributed by atoms with Crippen LogP contribution in [0.1, 0.15) is 37.0 Å². The summed E-state index contributed by atoms with van der Waals surface area (Å²) in [7, 11) is 0. The predicted octanol–water partition coefficient (Wildman–Crippen LogP) is 2.89. The van der Waals surface area contributed by atoms with E-state index in [2.05, 4.69) is 12.3 Å². The van der Waals surface area contributed by atoms with Gasteiger partial charge in [-0.2, -0.15) is 11.3 Å². The molecule has 0 bridgehead atoms. The Morgan fingerprint density at radius 3 is 2.73 bits per heavy atom.